The van der Waals surface area contributed by atoms with Gasteiger partial charge in [-0.2, -0.15) is 13.2 Å². The third-order valence-corrected chi connectivity index (χ3v) is 3.93. The zero-order valence-electron chi connectivity index (χ0n) is 10.4. The van der Waals surface area contributed by atoms with Gasteiger partial charge in [-0.3, -0.25) is 0 Å². The predicted molar refractivity (Wildman–Crippen MR) is 66.8 cm³/mol. The number of fused-ring (bicyclic) bond motifs is 1. The first-order valence-electron chi connectivity index (χ1n) is 6.55. The number of alkyl halides is 3. The third kappa shape index (κ3) is 2.46. The van der Waals surface area contributed by atoms with Crippen molar-refractivity contribution in [2.24, 2.45) is 5.92 Å². The lowest BCUT2D eigenvalue weighted by Crippen LogP contribution is -2.28. The van der Waals surface area contributed by atoms with Gasteiger partial charge < -0.3 is 4.98 Å². The van der Waals surface area contributed by atoms with E-state index in [-0.39, 0.29) is 18.8 Å². The molecule has 1 heterocycles. The normalized spacial score (nSPS) is 24.8. The summed E-state index contributed by atoms with van der Waals surface area (Å²) in [6.07, 6.45) is -2.27. The van der Waals surface area contributed by atoms with E-state index < -0.39 is 12.1 Å². The Morgan fingerprint density at radius 1 is 1.16 bits per heavy atom. The summed E-state index contributed by atoms with van der Waals surface area (Å²) < 4.78 is 38.4. The number of benzene rings is 1. The number of nitrogens with zero attached hydrogens (tertiary/aromatic N) is 1. The quantitative estimate of drug-likeness (QED) is 0.816. The van der Waals surface area contributed by atoms with Crippen LogP contribution in [0.4, 0.5) is 13.2 Å². The Kier molecular flexibility index (Phi) is 2.99. The van der Waals surface area contributed by atoms with Gasteiger partial charge in [0, 0.05) is 5.92 Å². The number of aromatic nitrogens is 2. The molecule has 19 heavy (non-hydrogen) atoms. The van der Waals surface area contributed by atoms with Gasteiger partial charge in [-0.05, 0) is 31.4 Å². The van der Waals surface area contributed by atoms with Crippen LogP contribution in [0.15, 0.2) is 24.3 Å². The first-order valence-corrected chi connectivity index (χ1v) is 6.55. The Hall–Kier alpha value is -1.52. The van der Waals surface area contributed by atoms with Crippen molar-refractivity contribution in [1.29, 1.82) is 0 Å². The fourth-order valence-electron chi connectivity index (χ4n) is 2.90. The van der Waals surface area contributed by atoms with Gasteiger partial charge in [-0.15, -0.1) is 0 Å². The highest BCUT2D eigenvalue weighted by molar-refractivity contribution is 5.74. The van der Waals surface area contributed by atoms with E-state index in [2.05, 4.69) is 9.97 Å². The van der Waals surface area contributed by atoms with Gasteiger partial charge in [0.15, 0.2) is 0 Å². The Morgan fingerprint density at radius 3 is 2.68 bits per heavy atom. The SMILES string of the molecule is FC(F)(F)C1CCCC(c2nc3ccccc3[nH]2)C1. The van der Waals surface area contributed by atoms with Crippen LogP contribution in [-0.2, 0) is 0 Å². The second-order valence-electron chi connectivity index (χ2n) is 5.24. The lowest BCUT2D eigenvalue weighted by molar-refractivity contribution is -0.183. The molecule has 0 radical (unpaired) electrons. The molecule has 2 atom stereocenters. The highest BCUT2D eigenvalue weighted by Gasteiger charge is 2.42. The Morgan fingerprint density at radius 2 is 1.95 bits per heavy atom. The van der Waals surface area contributed by atoms with Crippen molar-refractivity contribution < 1.29 is 13.2 Å². The number of halogens is 3. The molecule has 1 N–H and O–H groups in total. The van der Waals surface area contributed by atoms with E-state index in [1.807, 2.05) is 24.3 Å². The zero-order chi connectivity index (χ0) is 13.5. The van der Waals surface area contributed by atoms with Crippen LogP contribution < -0.4 is 0 Å². The van der Waals surface area contributed by atoms with E-state index >= 15 is 0 Å². The molecular formula is C14H15F3N2. The minimum Gasteiger partial charge on any atom is -0.342 e. The smallest absolute Gasteiger partial charge is 0.342 e. The molecule has 0 aliphatic heterocycles. The van der Waals surface area contributed by atoms with E-state index in [0.29, 0.717) is 12.2 Å². The molecule has 2 unspecified atom stereocenters. The average Bonchev–Trinajstić information content (AvgIpc) is 2.81. The van der Waals surface area contributed by atoms with Crippen LogP contribution >= 0.6 is 0 Å². The molecule has 2 aromatic rings. The summed E-state index contributed by atoms with van der Waals surface area (Å²) in [6, 6.07) is 7.55. The molecular weight excluding hydrogens is 253 g/mol. The van der Waals surface area contributed by atoms with Gasteiger partial charge in [0.2, 0.25) is 0 Å². The minimum absolute atomic E-state index is 0.104. The van der Waals surface area contributed by atoms with Crippen molar-refractivity contribution >= 4 is 11.0 Å². The van der Waals surface area contributed by atoms with Crippen LogP contribution in [0.1, 0.15) is 37.4 Å². The molecule has 102 valence electrons. The summed E-state index contributed by atoms with van der Waals surface area (Å²) in [5.41, 5.74) is 1.72. The number of aromatic amines is 1. The molecule has 0 saturated heterocycles. The first-order chi connectivity index (χ1) is 9.04. The van der Waals surface area contributed by atoms with Crippen molar-refractivity contribution in [3.63, 3.8) is 0 Å². The number of H-pyrrole nitrogens is 1. The fourth-order valence-corrected chi connectivity index (χ4v) is 2.90. The molecule has 3 rings (SSSR count). The summed E-state index contributed by atoms with van der Waals surface area (Å²) >= 11 is 0. The summed E-state index contributed by atoms with van der Waals surface area (Å²) in [6.45, 7) is 0. The lowest BCUT2D eigenvalue weighted by atomic mass is 9.80. The topological polar surface area (TPSA) is 28.7 Å². The van der Waals surface area contributed by atoms with Gasteiger partial charge in [-0.1, -0.05) is 18.6 Å². The van der Waals surface area contributed by atoms with Crippen molar-refractivity contribution in [2.45, 2.75) is 37.8 Å². The second-order valence-corrected chi connectivity index (χ2v) is 5.24. The van der Waals surface area contributed by atoms with E-state index in [4.69, 9.17) is 0 Å². The van der Waals surface area contributed by atoms with Gasteiger partial charge in [0.05, 0.1) is 17.0 Å². The van der Waals surface area contributed by atoms with E-state index in [1.165, 1.54) is 0 Å². The van der Waals surface area contributed by atoms with Crippen molar-refractivity contribution in [3.8, 4) is 0 Å². The molecule has 1 aliphatic carbocycles. The van der Waals surface area contributed by atoms with Crippen LogP contribution in [0.3, 0.4) is 0 Å². The summed E-state index contributed by atoms with van der Waals surface area (Å²) in [5, 5.41) is 0. The number of para-hydroxylation sites is 2. The van der Waals surface area contributed by atoms with Gasteiger partial charge in [0.25, 0.3) is 0 Å². The molecule has 2 nitrogen and oxygen atoms in total. The minimum atomic E-state index is -4.08. The van der Waals surface area contributed by atoms with Crippen LogP contribution in [0.5, 0.6) is 0 Å². The Labute approximate surface area is 109 Å². The maximum absolute atomic E-state index is 12.8. The lowest BCUT2D eigenvalue weighted by Gasteiger charge is -2.29. The number of nitrogens with one attached hydrogen (secondary N) is 1. The summed E-state index contributed by atoms with van der Waals surface area (Å²) in [5.74, 6) is -0.581. The third-order valence-electron chi connectivity index (χ3n) is 3.93. The number of rotatable bonds is 1. The molecule has 0 bridgehead atoms. The van der Waals surface area contributed by atoms with Crippen LogP contribution in [0.25, 0.3) is 11.0 Å². The first kappa shape index (κ1) is 12.5. The van der Waals surface area contributed by atoms with Crippen molar-refractivity contribution in [2.75, 3.05) is 0 Å². The molecule has 1 aliphatic rings. The molecule has 1 aromatic carbocycles. The number of imidazole rings is 1. The molecule has 1 fully saturated rings. The monoisotopic (exact) mass is 268 g/mol. The molecule has 0 amide bonds. The van der Waals surface area contributed by atoms with Crippen LogP contribution in [0.2, 0.25) is 0 Å². The number of hydrogen-bond acceptors (Lipinski definition) is 1. The largest absolute Gasteiger partial charge is 0.391 e. The van der Waals surface area contributed by atoms with Crippen LogP contribution in [0, 0.1) is 5.92 Å². The van der Waals surface area contributed by atoms with E-state index in [1.54, 1.807) is 0 Å². The summed E-state index contributed by atoms with van der Waals surface area (Å²) in [4.78, 5) is 7.59. The zero-order valence-corrected chi connectivity index (χ0v) is 10.4. The van der Waals surface area contributed by atoms with Gasteiger partial charge in [0.1, 0.15) is 5.82 Å². The summed E-state index contributed by atoms with van der Waals surface area (Å²) in [7, 11) is 0. The van der Waals surface area contributed by atoms with Crippen molar-refractivity contribution in [1.82, 2.24) is 9.97 Å². The van der Waals surface area contributed by atoms with Crippen LogP contribution in [-0.4, -0.2) is 16.1 Å². The van der Waals surface area contributed by atoms with E-state index in [0.717, 1.165) is 17.5 Å². The molecule has 5 heteroatoms. The maximum atomic E-state index is 12.8. The van der Waals surface area contributed by atoms with Gasteiger partial charge >= 0.3 is 6.18 Å². The predicted octanol–water partition coefficient (Wildman–Crippen LogP) is 4.40. The standard InChI is InChI=1S/C14H15F3N2/c15-14(16,17)10-5-3-4-9(8-10)13-18-11-6-1-2-7-12(11)19-13/h1-2,6-7,9-10H,3-5,8H2,(H,18,19). The highest BCUT2D eigenvalue weighted by Crippen LogP contribution is 2.43. The molecule has 1 saturated carbocycles. The van der Waals surface area contributed by atoms with Gasteiger partial charge in [-0.25, -0.2) is 4.98 Å². The second kappa shape index (κ2) is 4.54. The van der Waals surface area contributed by atoms with Crippen molar-refractivity contribution in [3.05, 3.63) is 30.1 Å². The maximum Gasteiger partial charge on any atom is 0.391 e. The van der Waals surface area contributed by atoms with E-state index in [9.17, 15) is 13.2 Å². The fraction of sp³-hybridized carbons (Fsp3) is 0.500. The molecule has 0 spiro atoms. The Balaban J connectivity index is 1.85. The highest BCUT2D eigenvalue weighted by atomic mass is 19.4. The number of hydrogen-bond donors (Lipinski definition) is 1. The average molecular weight is 268 g/mol. The Bertz CT molecular complexity index is 540. The molecule has 1 aromatic heterocycles.